The Morgan fingerprint density at radius 2 is 1.84 bits per heavy atom. The summed E-state index contributed by atoms with van der Waals surface area (Å²) in [7, 11) is 2.09. The third-order valence-electron chi connectivity index (χ3n) is 5.27. The fraction of sp³-hybridized carbons (Fsp3) is 1.00. The minimum absolute atomic E-state index is 0.291. The minimum Gasteiger partial charge on any atom is -0.372 e. The third kappa shape index (κ3) is 3.95. The Hall–Kier alpha value is -0.0800. The van der Waals surface area contributed by atoms with Crippen molar-refractivity contribution in [1.82, 2.24) is 5.32 Å². The van der Waals surface area contributed by atoms with Crippen LogP contribution in [0.4, 0.5) is 0 Å². The lowest BCUT2D eigenvalue weighted by Crippen LogP contribution is -2.38. The van der Waals surface area contributed by atoms with E-state index in [4.69, 9.17) is 4.74 Å². The molecule has 1 N–H and O–H groups in total. The molecule has 2 nitrogen and oxygen atoms in total. The van der Waals surface area contributed by atoms with E-state index in [2.05, 4.69) is 33.1 Å². The highest BCUT2D eigenvalue weighted by Gasteiger charge is 2.40. The van der Waals surface area contributed by atoms with E-state index in [9.17, 15) is 0 Å². The molecule has 0 aromatic heterocycles. The van der Waals surface area contributed by atoms with Gasteiger partial charge in [-0.3, -0.25) is 0 Å². The molecule has 1 aliphatic carbocycles. The van der Waals surface area contributed by atoms with Gasteiger partial charge in [-0.05, 0) is 51.0 Å². The average Bonchev–Trinajstić information content (AvgIpc) is 2.72. The second-order valence-corrected chi connectivity index (χ2v) is 7.81. The molecule has 112 valence electrons. The largest absolute Gasteiger partial charge is 0.372 e. The summed E-state index contributed by atoms with van der Waals surface area (Å²) in [6.45, 7) is 6.98. The number of nitrogens with one attached hydrogen (secondary N) is 1. The van der Waals surface area contributed by atoms with Crippen molar-refractivity contribution in [3.63, 3.8) is 0 Å². The van der Waals surface area contributed by atoms with E-state index in [-0.39, 0.29) is 0 Å². The smallest absolute Gasteiger partial charge is 0.0687 e. The van der Waals surface area contributed by atoms with Crippen LogP contribution in [-0.2, 0) is 4.74 Å². The van der Waals surface area contributed by atoms with Crippen LogP contribution in [0.25, 0.3) is 0 Å². The van der Waals surface area contributed by atoms with E-state index in [1.54, 1.807) is 0 Å². The monoisotopic (exact) mass is 267 g/mol. The van der Waals surface area contributed by atoms with Crippen molar-refractivity contribution in [2.75, 3.05) is 7.05 Å². The quantitative estimate of drug-likeness (QED) is 0.820. The number of hydrogen-bond acceptors (Lipinski definition) is 2. The fourth-order valence-electron chi connectivity index (χ4n) is 4.03. The van der Waals surface area contributed by atoms with Gasteiger partial charge in [-0.1, -0.05) is 40.0 Å². The molecule has 2 aliphatic rings. The molecule has 0 amide bonds. The SMILES string of the molecule is CNC(CCC1CCC2(CCCCC2)O1)C(C)(C)C. The molecule has 0 radical (unpaired) electrons. The lowest BCUT2D eigenvalue weighted by atomic mass is 9.82. The Bertz CT molecular complexity index is 275. The summed E-state index contributed by atoms with van der Waals surface area (Å²) in [6.07, 6.45) is 12.4. The van der Waals surface area contributed by atoms with E-state index < -0.39 is 0 Å². The number of ether oxygens (including phenoxy) is 1. The maximum absolute atomic E-state index is 6.47. The van der Waals surface area contributed by atoms with Gasteiger partial charge in [-0.2, -0.15) is 0 Å². The highest BCUT2D eigenvalue weighted by molar-refractivity contribution is 4.92. The molecule has 2 atom stereocenters. The molecule has 1 heterocycles. The van der Waals surface area contributed by atoms with Crippen molar-refractivity contribution < 1.29 is 4.74 Å². The first kappa shape index (κ1) is 15.3. The van der Waals surface area contributed by atoms with Gasteiger partial charge in [-0.25, -0.2) is 0 Å². The summed E-state index contributed by atoms with van der Waals surface area (Å²) >= 11 is 0. The van der Waals surface area contributed by atoms with Crippen molar-refractivity contribution in [3.8, 4) is 0 Å². The standard InChI is InChI=1S/C17H33NO/c1-16(2,3)15(18-4)9-8-14-10-13-17(19-14)11-6-5-7-12-17/h14-15,18H,5-13H2,1-4H3. The molecule has 1 saturated carbocycles. The van der Waals surface area contributed by atoms with Crippen LogP contribution in [0.2, 0.25) is 0 Å². The third-order valence-corrected chi connectivity index (χ3v) is 5.27. The van der Waals surface area contributed by atoms with Crippen LogP contribution in [0.3, 0.4) is 0 Å². The van der Waals surface area contributed by atoms with Crippen LogP contribution in [0.5, 0.6) is 0 Å². The Morgan fingerprint density at radius 3 is 2.42 bits per heavy atom. The zero-order valence-corrected chi connectivity index (χ0v) is 13.4. The van der Waals surface area contributed by atoms with E-state index in [0.29, 0.717) is 23.2 Å². The van der Waals surface area contributed by atoms with Crippen LogP contribution in [-0.4, -0.2) is 24.8 Å². The first-order valence-electron chi connectivity index (χ1n) is 8.30. The molecule has 0 bridgehead atoms. The van der Waals surface area contributed by atoms with Crippen molar-refractivity contribution in [3.05, 3.63) is 0 Å². The summed E-state index contributed by atoms with van der Waals surface area (Å²) in [4.78, 5) is 0. The molecule has 2 rings (SSSR count). The van der Waals surface area contributed by atoms with Crippen molar-refractivity contribution in [1.29, 1.82) is 0 Å². The highest BCUT2D eigenvalue weighted by atomic mass is 16.5. The molecule has 1 saturated heterocycles. The van der Waals surface area contributed by atoms with Crippen molar-refractivity contribution >= 4 is 0 Å². The summed E-state index contributed by atoms with van der Waals surface area (Å²) in [5.41, 5.74) is 0.635. The van der Waals surface area contributed by atoms with Crippen molar-refractivity contribution in [2.45, 2.75) is 96.3 Å². The lowest BCUT2D eigenvalue weighted by molar-refractivity contribution is -0.0671. The molecular weight excluding hydrogens is 234 g/mol. The van der Waals surface area contributed by atoms with Gasteiger partial charge in [0.2, 0.25) is 0 Å². The first-order chi connectivity index (χ1) is 8.95. The Balaban J connectivity index is 1.78. The maximum atomic E-state index is 6.47. The molecule has 0 aromatic carbocycles. The van der Waals surface area contributed by atoms with Crippen LogP contribution < -0.4 is 5.32 Å². The van der Waals surface area contributed by atoms with Crippen LogP contribution >= 0.6 is 0 Å². The number of hydrogen-bond donors (Lipinski definition) is 1. The normalized spacial score (nSPS) is 28.7. The molecule has 19 heavy (non-hydrogen) atoms. The van der Waals surface area contributed by atoms with Crippen LogP contribution in [0, 0.1) is 5.41 Å². The van der Waals surface area contributed by atoms with E-state index >= 15 is 0 Å². The predicted molar refractivity (Wildman–Crippen MR) is 81.5 cm³/mol. The van der Waals surface area contributed by atoms with Gasteiger partial charge in [0, 0.05) is 6.04 Å². The molecule has 2 unspecified atom stereocenters. The summed E-state index contributed by atoms with van der Waals surface area (Å²) in [6, 6.07) is 0.596. The van der Waals surface area contributed by atoms with Gasteiger partial charge in [-0.15, -0.1) is 0 Å². The zero-order valence-electron chi connectivity index (χ0n) is 13.4. The lowest BCUT2D eigenvalue weighted by Gasteiger charge is -2.34. The summed E-state index contributed by atoms with van der Waals surface area (Å²) in [5, 5.41) is 3.48. The molecule has 1 aliphatic heterocycles. The van der Waals surface area contributed by atoms with Crippen LogP contribution in [0.1, 0.15) is 78.6 Å². The Morgan fingerprint density at radius 1 is 1.16 bits per heavy atom. The number of rotatable bonds is 4. The van der Waals surface area contributed by atoms with E-state index in [1.807, 2.05) is 0 Å². The van der Waals surface area contributed by atoms with Gasteiger partial charge in [0.15, 0.2) is 0 Å². The minimum atomic E-state index is 0.291. The predicted octanol–water partition coefficient (Wildman–Crippen LogP) is 4.28. The summed E-state index contributed by atoms with van der Waals surface area (Å²) < 4.78 is 6.47. The van der Waals surface area contributed by atoms with Gasteiger partial charge >= 0.3 is 0 Å². The van der Waals surface area contributed by atoms with Gasteiger partial charge in [0.25, 0.3) is 0 Å². The first-order valence-corrected chi connectivity index (χ1v) is 8.30. The molecular formula is C17H33NO. The summed E-state index contributed by atoms with van der Waals surface area (Å²) in [5.74, 6) is 0. The second-order valence-electron chi connectivity index (χ2n) is 7.81. The molecule has 0 aromatic rings. The molecule has 2 fully saturated rings. The van der Waals surface area contributed by atoms with Gasteiger partial charge < -0.3 is 10.1 Å². The average molecular weight is 267 g/mol. The highest BCUT2D eigenvalue weighted by Crippen LogP contribution is 2.43. The van der Waals surface area contributed by atoms with Crippen molar-refractivity contribution in [2.24, 2.45) is 5.41 Å². The zero-order chi connectivity index (χ0) is 13.9. The molecule has 1 spiro atoms. The maximum Gasteiger partial charge on any atom is 0.0687 e. The molecule has 2 heteroatoms. The van der Waals surface area contributed by atoms with Gasteiger partial charge in [0.1, 0.15) is 0 Å². The van der Waals surface area contributed by atoms with E-state index in [1.165, 1.54) is 57.8 Å². The Kier molecular flexibility index (Phi) is 4.94. The Labute approximate surface area is 119 Å². The second kappa shape index (κ2) is 6.13. The van der Waals surface area contributed by atoms with Gasteiger partial charge in [0.05, 0.1) is 11.7 Å². The van der Waals surface area contributed by atoms with E-state index in [0.717, 1.165) is 0 Å². The van der Waals surface area contributed by atoms with Crippen LogP contribution in [0.15, 0.2) is 0 Å². The fourth-order valence-corrected chi connectivity index (χ4v) is 4.03. The topological polar surface area (TPSA) is 21.3 Å².